The number of hydrazone groups is 1. The molecule has 5 heteroatoms. The molecule has 26 heavy (non-hydrogen) atoms. The second-order valence-corrected chi connectivity index (χ2v) is 5.83. The minimum absolute atomic E-state index is 0.293. The molecule has 0 saturated heterocycles. The molecule has 1 amide bonds. The van der Waals surface area contributed by atoms with Gasteiger partial charge in [0.15, 0.2) is 0 Å². The zero-order chi connectivity index (χ0) is 18.4. The van der Waals surface area contributed by atoms with Gasteiger partial charge in [0.1, 0.15) is 18.1 Å². The summed E-state index contributed by atoms with van der Waals surface area (Å²) in [7, 11) is 0. The van der Waals surface area contributed by atoms with Crippen molar-refractivity contribution in [3.8, 4) is 5.75 Å². The zero-order valence-electron chi connectivity index (χ0n) is 14.7. The maximum absolute atomic E-state index is 12.0. The standard InChI is InChI=1S/C21H20N2O3/c1-15(22-23-21(24)20-12-13-25-16(20)2)18-8-10-19(11-9-18)26-14-17-6-4-3-5-7-17/h3-13H,14H2,1-2H3,(H,23,24)/b22-15+. The molecule has 0 aliphatic rings. The Hall–Kier alpha value is -3.34. The molecule has 0 unspecified atom stereocenters. The van der Waals surface area contributed by atoms with Gasteiger partial charge in [-0.05, 0) is 55.3 Å². The maximum atomic E-state index is 12.0. The summed E-state index contributed by atoms with van der Waals surface area (Å²) in [5, 5.41) is 4.15. The SMILES string of the molecule is C/C(=N\NC(=O)c1ccoc1C)c1ccc(OCc2ccccc2)cc1. The van der Waals surface area contributed by atoms with Crippen LogP contribution in [0, 0.1) is 6.92 Å². The van der Waals surface area contributed by atoms with Crippen molar-refractivity contribution >= 4 is 11.6 Å². The van der Waals surface area contributed by atoms with Crippen molar-refractivity contribution in [3.63, 3.8) is 0 Å². The molecule has 2 aromatic carbocycles. The van der Waals surface area contributed by atoms with E-state index >= 15 is 0 Å². The van der Waals surface area contributed by atoms with Crippen molar-refractivity contribution in [1.82, 2.24) is 5.43 Å². The van der Waals surface area contributed by atoms with Gasteiger partial charge in [0.25, 0.3) is 5.91 Å². The highest BCUT2D eigenvalue weighted by Gasteiger charge is 2.10. The van der Waals surface area contributed by atoms with Crippen LogP contribution in [0.5, 0.6) is 5.75 Å². The number of nitrogens with zero attached hydrogens (tertiary/aromatic N) is 1. The van der Waals surface area contributed by atoms with E-state index in [1.807, 2.05) is 61.5 Å². The lowest BCUT2D eigenvalue weighted by atomic mass is 10.1. The van der Waals surface area contributed by atoms with Crippen LogP contribution in [0.4, 0.5) is 0 Å². The molecule has 0 fully saturated rings. The third-order valence-corrected chi connectivity index (χ3v) is 3.95. The van der Waals surface area contributed by atoms with Crippen LogP contribution in [0.25, 0.3) is 0 Å². The van der Waals surface area contributed by atoms with Gasteiger partial charge in [-0.2, -0.15) is 5.10 Å². The summed E-state index contributed by atoms with van der Waals surface area (Å²) in [6.07, 6.45) is 1.48. The number of carbonyl (C=O) groups is 1. The van der Waals surface area contributed by atoms with Crippen molar-refractivity contribution < 1.29 is 13.9 Å². The Balaban J connectivity index is 1.58. The first-order valence-corrected chi connectivity index (χ1v) is 8.29. The monoisotopic (exact) mass is 348 g/mol. The highest BCUT2D eigenvalue weighted by Crippen LogP contribution is 2.15. The van der Waals surface area contributed by atoms with Gasteiger partial charge < -0.3 is 9.15 Å². The Morgan fingerprint density at radius 3 is 2.46 bits per heavy atom. The van der Waals surface area contributed by atoms with E-state index in [0.29, 0.717) is 23.6 Å². The van der Waals surface area contributed by atoms with Gasteiger partial charge in [0.2, 0.25) is 0 Å². The van der Waals surface area contributed by atoms with Crippen molar-refractivity contribution in [2.75, 3.05) is 0 Å². The molecule has 1 N–H and O–H groups in total. The van der Waals surface area contributed by atoms with Crippen molar-refractivity contribution in [1.29, 1.82) is 0 Å². The molecule has 3 rings (SSSR count). The highest BCUT2D eigenvalue weighted by molar-refractivity contribution is 6.01. The van der Waals surface area contributed by atoms with E-state index in [9.17, 15) is 4.79 Å². The summed E-state index contributed by atoms with van der Waals surface area (Å²) in [6, 6.07) is 19.2. The summed E-state index contributed by atoms with van der Waals surface area (Å²) < 4.78 is 10.9. The summed E-state index contributed by atoms with van der Waals surface area (Å²) in [5.41, 5.74) is 5.75. The van der Waals surface area contributed by atoms with Crippen LogP contribution in [0.3, 0.4) is 0 Å². The van der Waals surface area contributed by atoms with E-state index in [1.165, 1.54) is 6.26 Å². The number of benzene rings is 2. The Morgan fingerprint density at radius 2 is 1.81 bits per heavy atom. The molecule has 0 aliphatic heterocycles. The first-order valence-electron chi connectivity index (χ1n) is 8.29. The fourth-order valence-corrected chi connectivity index (χ4v) is 2.41. The highest BCUT2D eigenvalue weighted by atomic mass is 16.5. The number of amides is 1. The van der Waals surface area contributed by atoms with Crippen LogP contribution in [0.1, 0.15) is 34.2 Å². The Kier molecular flexibility index (Phi) is 5.49. The zero-order valence-corrected chi connectivity index (χ0v) is 14.7. The third kappa shape index (κ3) is 4.39. The van der Waals surface area contributed by atoms with Crippen LogP contribution in [-0.4, -0.2) is 11.6 Å². The van der Waals surface area contributed by atoms with Crippen LogP contribution in [0.2, 0.25) is 0 Å². The number of nitrogens with one attached hydrogen (secondary N) is 1. The summed E-state index contributed by atoms with van der Waals surface area (Å²) >= 11 is 0. The van der Waals surface area contributed by atoms with Crippen LogP contribution >= 0.6 is 0 Å². The summed E-state index contributed by atoms with van der Waals surface area (Å²) in [5.74, 6) is 1.05. The quantitative estimate of drug-likeness (QED) is 0.533. The predicted molar refractivity (Wildman–Crippen MR) is 100 cm³/mol. The van der Waals surface area contributed by atoms with E-state index in [4.69, 9.17) is 9.15 Å². The topological polar surface area (TPSA) is 63.8 Å². The van der Waals surface area contributed by atoms with E-state index < -0.39 is 0 Å². The molecule has 0 spiro atoms. The molecule has 132 valence electrons. The first-order chi connectivity index (χ1) is 12.6. The van der Waals surface area contributed by atoms with Crippen LogP contribution in [-0.2, 0) is 6.61 Å². The van der Waals surface area contributed by atoms with Gasteiger partial charge in [0.05, 0.1) is 17.5 Å². The van der Waals surface area contributed by atoms with Gasteiger partial charge >= 0.3 is 0 Å². The number of ether oxygens (including phenoxy) is 1. The van der Waals surface area contributed by atoms with Gasteiger partial charge in [-0.25, -0.2) is 5.43 Å². The molecule has 1 heterocycles. The molecule has 3 aromatic rings. The van der Waals surface area contributed by atoms with Crippen molar-refractivity contribution in [2.45, 2.75) is 20.5 Å². The van der Waals surface area contributed by atoms with Gasteiger partial charge in [-0.3, -0.25) is 4.79 Å². The fraction of sp³-hybridized carbons (Fsp3) is 0.143. The molecule has 0 saturated carbocycles. The van der Waals surface area contributed by atoms with Gasteiger partial charge in [-0.15, -0.1) is 0 Å². The smallest absolute Gasteiger partial charge is 0.274 e. The predicted octanol–water partition coefficient (Wildman–Crippen LogP) is 4.32. The number of carbonyl (C=O) groups excluding carboxylic acids is 1. The molecule has 0 aliphatic carbocycles. The molecular weight excluding hydrogens is 328 g/mol. The van der Waals surface area contributed by atoms with Crippen LogP contribution in [0.15, 0.2) is 76.4 Å². The normalized spacial score (nSPS) is 11.2. The first kappa shape index (κ1) is 17.5. The fourth-order valence-electron chi connectivity index (χ4n) is 2.41. The van der Waals surface area contributed by atoms with Crippen molar-refractivity contribution in [3.05, 3.63) is 89.4 Å². The van der Waals surface area contributed by atoms with Gasteiger partial charge in [-0.1, -0.05) is 30.3 Å². The van der Waals surface area contributed by atoms with Gasteiger partial charge in [0, 0.05) is 0 Å². The average Bonchev–Trinajstić information content (AvgIpc) is 3.11. The molecule has 0 atom stereocenters. The van der Waals surface area contributed by atoms with E-state index in [0.717, 1.165) is 16.9 Å². The number of rotatable bonds is 6. The Morgan fingerprint density at radius 1 is 1.08 bits per heavy atom. The molecule has 0 radical (unpaired) electrons. The summed E-state index contributed by atoms with van der Waals surface area (Å²) in [6.45, 7) is 4.09. The molecule has 1 aromatic heterocycles. The second kappa shape index (κ2) is 8.16. The second-order valence-electron chi connectivity index (χ2n) is 5.83. The number of hydrogen-bond donors (Lipinski definition) is 1. The lowest BCUT2D eigenvalue weighted by Gasteiger charge is -2.07. The maximum Gasteiger partial charge on any atom is 0.274 e. The molecule has 0 bridgehead atoms. The van der Waals surface area contributed by atoms with Crippen LogP contribution < -0.4 is 10.2 Å². The minimum Gasteiger partial charge on any atom is -0.489 e. The molecule has 5 nitrogen and oxygen atoms in total. The lowest BCUT2D eigenvalue weighted by molar-refractivity contribution is 0.0953. The number of furan rings is 1. The van der Waals surface area contributed by atoms with Crippen molar-refractivity contribution in [2.24, 2.45) is 5.10 Å². The van der Waals surface area contributed by atoms with E-state index in [2.05, 4.69) is 10.5 Å². The Labute approximate surface area is 152 Å². The van der Waals surface area contributed by atoms with E-state index in [-0.39, 0.29) is 5.91 Å². The number of aryl methyl sites for hydroxylation is 1. The number of hydrogen-bond acceptors (Lipinski definition) is 4. The largest absolute Gasteiger partial charge is 0.489 e. The third-order valence-electron chi connectivity index (χ3n) is 3.95. The lowest BCUT2D eigenvalue weighted by Crippen LogP contribution is -2.19. The molecular formula is C21H20N2O3. The summed E-state index contributed by atoms with van der Waals surface area (Å²) in [4.78, 5) is 12.0. The minimum atomic E-state index is -0.293. The average molecular weight is 348 g/mol. The Bertz CT molecular complexity index is 897. The van der Waals surface area contributed by atoms with E-state index in [1.54, 1.807) is 13.0 Å².